The molecule has 0 spiro atoms. The number of rotatable bonds is 4. The van der Waals surface area contributed by atoms with Crippen molar-refractivity contribution >= 4 is 34.8 Å². The van der Waals surface area contributed by atoms with Crippen molar-refractivity contribution in [3.8, 4) is 11.3 Å². The molecule has 0 saturated carbocycles. The van der Waals surface area contributed by atoms with Gasteiger partial charge in [-0.05, 0) is 48.5 Å². The molecule has 3 aromatic rings. The van der Waals surface area contributed by atoms with E-state index in [-0.39, 0.29) is 17.6 Å². The molecule has 0 fully saturated rings. The highest BCUT2D eigenvalue weighted by Crippen LogP contribution is 2.29. The summed E-state index contributed by atoms with van der Waals surface area (Å²) in [5.41, 5.74) is 2.07. The van der Waals surface area contributed by atoms with Crippen molar-refractivity contribution < 1.29 is 14.0 Å². The van der Waals surface area contributed by atoms with Gasteiger partial charge in [-0.15, -0.1) is 0 Å². The van der Waals surface area contributed by atoms with E-state index in [2.05, 4.69) is 5.32 Å². The van der Waals surface area contributed by atoms with Crippen LogP contribution in [-0.4, -0.2) is 18.9 Å². The fourth-order valence-corrected chi connectivity index (χ4v) is 2.64. The second-order valence-electron chi connectivity index (χ2n) is 5.72. The lowest BCUT2D eigenvalue weighted by Crippen LogP contribution is -2.22. The van der Waals surface area contributed by atoms with Gasteiger partial charge in [0, 0.05) is 30.9 Å². The number of amides is 2. The molecule has 132 valence electrons. The molecule has 1 heterocycles. The Morgan fingerprint density at radius 2 is 1.69 bits per heavy atom. The molecule has 1 aromatic heterocycles. The summed E-state index contributed by atoms with van der Waals surface area (Å²) in [6, 6.07) is 17.6. The number of carbonyl (C=O) groups is 2. The smallest absolute Gasteiger partial charge is 0.291 e. The Bertz CT molecular complexity index is 948. The average Bonchev–Trinajstić information content (AvgIpc) is 3.12. The van der Waals surface area contributed by atoms with Crippen molar-refractivity contribution in [2.45, 2.75) is 6.92 Å². The van der Waals surface area contributed by atoms with Crippen molar-refractivity contribution in [3.63, 3.8) is 0 Å². The Balaban J connectivity index is 1.73. The van der Waals surface area contributed by atoms with Crippen LogP contribution in [-0.2, 0) is 4.79 Å². The summed E-state index contributed by atoms with van der Waals surface area (Å²) in [4.78, 5) is 25.3. The van der Waals surface area contributed by atoms with Gasteiger partial charge in [-0.3, -0.25) is 9.59 Å². The van der Waals surface area contributed by atoms with Crippen LogP contribution in [0.5, 0.6) is 0 Å². The number of furan rings is 1. The molecule has 0 aliphatic carbocycles. The molecule has 2 amide bonds. The number of anilines is 2. The van der Waals surface area contributed by atoms with Crippen molar-refractivity contribution in [2.24, 2.45) is 0 Å². The maximum absolute atomic E-state index is 12.4. The van der Waals surface area contributed by atoms with Gasteiger partial charge in [0.05, 0.1) is 5.02 Å². The third kappa shape index (κ3) is 3.78. The van der Waals surface area contributed by atoms with Crippen LogP contribution in [0.1, 0.15) is 17.5 Å². The Kier molecular flexibility index (Phi) is 5.09. The second kappa shape index (κ2) is 7.45. The molecule has 0 unspecified atom stereocenters. The zero-order valence-corrected chi connectivity index (χ0v) is 15.1. The molecule has 0 saturated heterocycles. The average molecular weight is 369 g/mol. The Hall–Kier alpha value is -3.05. The standard InChI is InChI=1S/C20H17ClN2O3/c1-13(24)23(2)15-9-7-14(8-10-15)22-20(25)19-12-11-18(26-19)16-5-3-4-6-17(16)21/h3-12H,1-2H3,(H,22,25). The molecule has 2 aromatic carbocycles. The van der Waals surface area contributed by atoms with Crippen LogP contribution >= 0.6 is 11.6 Å². The first-order valence-electron chi connectivity index (χ1n) is 7.96. The fraction of sp³-hybridized carbons (Fsp3) is 0.100. The quantitative estimate of drug-likeness (QED) is 0.717. The molecular formula is C20H17ClN2O3. The lowest BCUT2D eigenvalue weighted by molar-refractivity contribution is -0.116. The van der Waals surface area contributed by atoms with E-state index in [4.69, 9.17) is 16.0 Å². The van der Waals surface area contributed by atoms with Crippen LogP contribution in [0.15, 0.2) is 65.1 Å². The van der Waals surface area contributed by atoms with Crippen LogP contribution in [0.3, 0.4) is 0 Å². The van der Waals surface area contributed by atoms with Crippen molar-refractivity contribution in [3.05, 3.63) is 71.4 Å². The highest BCUT2D eigenvalue weighted by atomic mass is 35.5. The number of hydrogen-bond acceptors (Lipinski definition) is 3. The first-order chi connectivity index (χ1) is 12.5. The molecule has 3 rings (SSSR count). The highest BCUT2D eigenvalue weighted by Gasteiger charge is 2.14. The predicted octanol–water partition coefficient (Wildman–Crippen LogP) is 4.84. The Labute approximate surface area is 156 Å². The van der Waals surface area contributed by atoms with E-state index in [1.165, 1.54) is 11.8 Å². The van der Waals surface area contributed by atoms with Gasteiger partial charge in [-0.25, -0.2) is 0 Å². The molecule has 5 nitrogen and oxygen atoms in total. The maximum atomic E-state index is 12.4. The number of nitrogens with zero attached hydrogens (tertiary/aromatic N) is 1. The van der Waals surface area contributed by atoms with Crippen LogP contribution in [0.2, 0.25) is 5.02 Å². The van der Waals surface area contributed by atoms with E-state index in [0.29, 0.717) is 16.5 Å². The molecule has 0 bridgehead atoms. The zero-order valence-electron chi connectivity index (χ0n) is 14.3. The van der Waals surface area contributed by atoms with Gasteiger partial charge < -0.3 is 14.6 Å². The van der Waals surface area contributed by atoms with Crippen molar-refractivity contribution in [1.82, 2.24) is 0 Å². The highest BCUT2D eigenvalue weighted by molar-refractivity contribution is 6.33. The first kappa shape index (κ1) is 17.8. The van der Waals surface area contributed by atoms with Gasteiger partial charge in [0.1, 0.15) is 5.76 Å². The molecule has 0 atom stereocenters. The summed E-state index contributed by atoms with van der Waals surface area (Å²) in [6.07, 6.45) is 0. The van der Waals surface area contributed by atoms with Crippen LogP contribution in [0, 0.1) is 0 Å². The molecule has 0 radical (unpaired) electrons. The van der Waals surface area contributed by atoms with Gasteiger partial charge in [0.2, 0.25) is 5.91 Å². The van der Waals surface area contributed by atoms with Gasteiger partial charge in [0.15, 0.2) is 5.76 Å². The Morgan fingerprint density at radius 1 is 1.00 bits per heavy atom. The zero-order chi connectivity index (χ0) is 18.7. The monoisotopic (exact) mass is 368 g/mol. The third-order valence-electron chi connectivity index (χ3n) is 3.95. The summed E-state index contributed by atoms with van der Waals surface area (Å²) >= 11 is 6.15. The van der Waals surface area contributed by atoms with E-state index in [1.807, 2.05) is 18.2 Å². The summed E-state index contributed by atoms with van der Waals surface area (Å²) < 4.78 is 5.63. The second-order valence-corrected chi connectivity index (χ2v) is 6.13. The van der Waals surface area contributed by atoms with Crippen LogP contribution < -0.4 is 10.2 Å². The lowest BCUT2D eigenvalue weighted by Gasteiger charge is -2.15. The van der Waals surface area contributed by atoms with Crippen molar-refractivity contribution in [2.75, 3.05) is 17.3 Å². The number of halogens is 1. The third-order valence-corrected chi connectivity index (χ3v) is 4.28. The molecule has 26 heavy (non-hydrogen) atoms. The van der Waals surface area contributed by atoms with Crippen LogP contribution in [0.4, 0.5) is 11.4 Å². The first-order valence-corrected chi connectivity index (χ1v) is 8.34. The van der Waals surface area contributed by atoms with Crippen molar-refractivity contribution in [1.29, 1.82) is 0 Å². The minimum absolute atomic E-state index is 0.0653. The number of benzene rings is 2. The van der Waals surface area contributed by atoms with E-state index in [1.54, 1.807) is 49.5 Å². The summed E-state index contributed by atoms with van der Waals surface area (Å²) in [7, 11) is 1.69. The fourth-order valence-electron chi connectivity index (χ4n) is 2.41. The molecule has 1 N–H and O–H groups in total. The molecular weight excluding hydrogens is 352 g/mol. The minimum atomic E-state index is -0.365. The van der Waals surface area contributed by atoms with Gasteiger partial charge in [0.25, 0.3) is 5.91 Å². The maximum Gasteiger partial charge on any atom is 0.291 e. The number of hydrogen-bond donors (Lipinski definition) is 1. The van der Waals surface area contributed by atoms with Gasteiger partial charge >= 0.3 is 0 Å². The minimum Gasteiger partial charge on any atom is -0.451 e. The SMILES string of the molecule is CC(=O)N(C)c1ccc(NC(=O)c2ccc(-c3ccccc3Cl)o2)cc1. The topological polar surface area (TPSA) is 62.6 Å². The van der Waals surface area contributed by atoms with E-state index in [0.717, 1.165) is 11.3 Å². The molecule has 6 heteroatoms. The largest absolute Gasteiger partial charge is 0.451 e. The van der Waals surface area contributed by atoms with E-state index >= 15 is 0 Å². The van der Waals surface area contributed by atoms with E-state index in [9.17, 15) is 9.59 Å². The lowest BCUT2D eigenvalue weighted by atomic mass is 10.2. The van der Waals surface area contributed by atoms with Gasteiger partial charge in [-0.1, -0.05) is 23.7 Å². The summed E-state index contributed by atoms with van der Waals surface area (Å²) in [5.74, 6) is 0.282. The predicted molar refractivity (Wildman–Crippen MR) is 103 cm³/mol. The summed E-state index contributed by atoms with van der Waals surface area (Å²) in [5, 5.41) is 3.32. The molecule has 0 aliphatic rings. The molecule has 0 aliphatic heterocycles. The van der Waals surface area contributed by atoms with E-state index < -0.39 is 0 Å². The Morgan fingerprint density at radius 3 is 2.35 bits per heavy atom. The summed E-state index contributed by atoms with van der Waals surface area (Å²) in [6.45, 7) is 1.49. The number of nitrogens with one attached hydrogen (secondary N) is 1. The normalized spacial score (nSPS) is 10.4. The number of carbonyl (C=O) groups excluding carboxylic acids is 2. The van der Waals surface area contributed by atoms with Crippen LogP contribution in [0.25, 0.3) is 11.3 Å². The van der Waals surface area contributed by atoms with Gasteiger partial charge in [-0.2, -0.15) is 0 Å².